The Kier molecular flexibility index (Phi) is 7.06. The van der Waals surface area contributed by atoms with E-state index >= 15 is 0 Å². The maximum absolute atomic E-state index is 12.6. The Morgan fingerprint density at radius 1 is 1.25 bits per heavy atom. The number of nitrogens with one attached hydrogen (secondary N) is 1. The highest BCUT2D eigenvalue weighted by Crippen LogP contribution is 2.20. The Bertz CT molecular complexity index is 775. The molecule has 7 heteroatoms. The SMILES string of the molecule is CCC1CCCCN1C(=O)Cn1cc(NC(=O)CCOc2ccccc2)cn1. The molecule has 0 saturated carbocycles. The van der Waals surface area contributed by atoms with Gasteiger partial charge in [-0.2, -0.15) is 5.10 Å². The van der Waals surface area contributed by atoms with Crippen molar-refractivity contribution in [3.8, 4) is 5.75 Å². The van der Waals surface area contributed by atoms with Crippen LogP contribution in [0.2, 0.25) is 0 Å². The van der Waals surface area contributed by atoms with E-state index < -0.39 is 0 Å². The van der Waals surface area contributed by atoms with Crippen molar-refractivity contribution in [2.75, 3.05) is 18.5 Å². The van der Waals surface area contributed by atoms with E-state index in [1.54, 1.807) is 17.1 Å². The summed E-state index contributed by atoms with van der Waals surface area (Å²) in [5.41, 5.74) is 0.586. The molecule has 0 spiro atoms. The molecule has 2 amide bonds. The highest BCUT2D eigenvalue weighted by Gasteiger charge is 2.25. The van der Waals surface area contributed by atoms with Crippen molar-refractivity contribution in [3.05, 3.63) is 42.7 Å². The first kappa shape index (κ1) is 19.9. The molecule has 7 nitrogen and oxygen atoms in total. The van der Waals surface area contributed by atoms with Crippen LogP contribution in [0.5, 0.6) is 5.75 Å². The minimum atomic E-state index is -0.149. The first-order valence-electron chi connectivity index (χ1n) is 9.95. The number of carbonyl (C=O) groups excluding carboxylic acids is 2. The van der Waals surface area contributed by atoms with E-state index in [1.165, 1.54) is 6.42 Å². The van der Waals surface area contributed by atoms with Crippen molar-refractivity contribution in [2.24, 2.45) is 0 Å². The number of carbonyl (C=O) groups is 2. The normalized spacial score (nSPS) is 16.6. The molecule has 1 fully saturated rings. The van der Waals surface area contributed by atoms with Crippen LogP contribution in [-0.2, 0) is 16.1 Å². The summed E-state index contributed by atoms with van der Waals surface area (Å²) in [6, 6.07) is 9.72. The fourth-order valence-electron chi connectivity index (χ4n) is 3.50. The predicted octanol–water partition coefficient (Wildman–Crippen LogP) is 3.08. The van der Waals surface area contributed by atoms with Crippen molar-refractivity contribution < 1.29 is 14.3 Å². The summed E-state index contributed by atoms with van der Waals surface area (Å²) in [5, 5.41) is 7.00. The molecule has 1 saturated heterocycles. The van der Waals surface area contributed by atoms with Crippen LogP contribution in [-0.4, -0.2) is 45.7 Å². The quantitative estimate of drug-likeness (QED) is 0.759. The molecule has 150 valence electrons. The van der Waals surface area contributed by atoms with Crippen LogP contribution >= 0.6 is 0 Å². The number of benzene rings is 1. The number of piperidine rings is 1. The van der Waals surface area contributed by atoms with E-state index in [0.717, 1.165) is 31.6 Å². The third-order valence-electron chi connectivity index (χ3n) is 4.97. The number of likely N-dealkylation sites (tertiary alicyclic amines) is 1. The largest absolute Gasteiger partial charge is 0.493 e. The van der Waals surface area contributed by atoms with Gasteiger partial charge in [0.1, 0.15) is 12.3 Å². The lowest BCUT2D eigenvalue weighted by molar-refractivity contribution is -0.135. The monoisotopic (exact) mass is 384 g/mol. The zero-order chi connectivity index (χ0) is 19.8. The minimum Gasteiger partial charge on any atom is -0.493 e. The topological polar surface area (TPSA) is 76.5 Å². The second kappa shape index (κ2) is 9.92. The number of amides is 2. The van der Waals surface area contributed by atoms with Gasteiger partial charge in [-0.3, -0.25) is 14.3 Å². The van der Waals surface area contributed by atoms with E-state index in [0.29, 0.717) is 18.3 Å². The number of hydrogen-bond donors (Lipinski definition) is 1. The van der Waals surface area contributed by atoms with Crippen LogP contribution in [0.4, 0.5) is 5.69 Å². The summed E-state index contributed by atoms with van der Waals surface area (Å²) in [4.78, 5) is 26.6. The summed E-state index contributed by atoms with van der Waals surface area (Å²) in [7, 11) is 0. The first-order valence-corrected chi connectivity index (χ1v) is 9.95. The Morgan fingerprint density at radius 2 is 2.07 bits per heavy atom. The summed E-state index contributed by atoms with van der Waals surface area (Å²) >= 11 is 0. The summed E-state index contributed by atoms with van der Waals surface area (Å²) in [6.07, 6.45) is 7.81. The molecule has 28 heavy (non-hydrogen) atoms. The van der Waals surface area contributed by atoms with Gasteiger partial charge in [-0.05, 0) is 37.8 Å². The molecule has 1 unspecified atom stereocenters. The smallest absolute Gasteiger partial charge is 0.244 e. The van der Waals surface area contributed by atoms with Gasteiger partial charge in [0.2, 0.25) is 11.8 Å². The van der Waals surface area contributed by atoms with Gasteiger partial charge < -0.3 is 15.0 Å². The number of hydrogen-bond acceptors (Lipinski definition) is 4. The van der Waals surface area contributed by atoms with Crippen LogP contribution in [0, 0.1) is 0 Å². The van der Waals surface area contributed by atoms with Crippen LogP contribution in [0.1, 0.15) is 39.0 Å². The molecule has 3 rings (SSSR count). The van der Waals surface area contributed by atoms with Gasteiger partial charge >= 0.3 is 0 Å². The average Bonchev–Trinajstić information content (AvgIpc) is 3.15. The predicted molar refractivity (Wildman–Crippen MR) is 107 cm³/mol. The Morgan fingerprint density at radius 3 is 2.86 bits per heavy atom. The Balaban J connectivity index is 1.44. The van der Waals surface area contributed by atoms with E-state index in [-0.39, 0.29) is 24.8 Å². The highest BCUT2D eigenvalue weighted by molar-refractivity contribution is 5.90. The molecule has 0 aliphatic carbocycles. The van der Waals surface area contributed by atoms with E-state index in [2.05, 4.69) is 17.3 Å². The molecule has 2 aromatic rings. The molecule has 2 heterocycles. The van der Waals surface area contributed by atoms with Gasteiger partial charge in [-0.1, -0.05) is 25.1 Å². The number of rotatable bonds is 8. The zero-order valence-electron chi connectivity index (χ0n) is 16.3. The van der Waals surface area contributed by atoms with Crippen molar-refractivity contribution in [2.45, 2.75) is 51.6 Å². The van der Waals surface area contributed by atoms with Gasteiger partial charge in [0, 0.05) is 18.8 Å². The molecule has 1 aromatic carbocycles. The lowest BCUT2D eigenvalue weighted by Gasteiger charge is -2.35. The number of nitrogens with zero attached hydrogens (tertiary/aromatic N) is 3. The highest BCUT2D eigenvalue weighted by atomic mass is 16.5. The Hall–Kier alpha value is -2.83. The van der Waals surface area contributed by atoms with E-state index in [1.807, 2.05) is 35.2 Å². The van der Waals surface area contributed by atoms with Gasteiger partial charge in [-0.25, -0.2) is 0 Å². The summed E-state index contributed by atoms with van der Waals surface area (Å²) in [5.74, 6) is 0.678. The molecule has 0 bridgehead atoms. The lowest BCUT2D eigenvalue weighted by Crippen LogP contribution is -2.44. The van der Waals surface area contributed by atoms with E-state index in [9.17, 15) is 9.59 Å². The third kappa shape index (κ3) is 5.58. The standard InChI is InChI=1S/C21H28N4O3/c1-2-18-8-6-7-12-25(18)21(27)16-24-15-17(14-22-24)23-20(26)11-13-28-19-9-4-3-5-10-19/h3-5,9-10,14-15,18H,2,6-8,11-13,16H2,1H3,(H,23,26). The van der Waals surface area contributed by atoms with Crippen LogP contribution in [0.25, 0.3) is 0 Å². The zero-order valence-corrected chi connectivity index (χ0v) is 16.3. The second-order valence-electron chi connectivity index (χ2n) is 7.03. The van der Waals surface area contributed by atoms with Gasteiger partial charge in [0.15, 0.2) is 0 Å². The van der Waals surface area contributed by atoms with Crippen molar-refractivity contribution in [3.63, 3.8) is 0 Å². The summed E-state index contributed by atoms with van der Waals surface area (Å²) in [6.45, 7) is 3.45. The third-order valence-corrected chi connectivity index (χ3v) is 4.97. The lowest BCUT2D eigenvalue weighted by atomic mass is 10.00. The van der Waals surface area contributed by atoms with Gasteiger partial charge in [-0.15, -0.1) is 0 Å². The molecule has 1 aromatic heterocycles. The molecule has 1 N–H and O–H groups in total. The van der Waals surface area contributed by atoms with Crippen LogP contribution in [0.15, 0.2) is 42.7 Å². The Labute approximate surface area is 165 Å². The first-order chi connectivity index (χ1) is 13.7. The van der Waals surface area contributed by atoms with Crippen LogP contribution in [0.3, 0.4) is 0 Å². The number of para-hydroxylation sites is 1. The number of aromatic nitrogens is 2. The molecule has 1 aliphatic heterocycles. The summed E-state index contributed by atoms with van der Waals surface area (Å²) < 4.78 is 7.11. The molecular formula is C21H28N4O3. The molecule has 1 atom stereocenters. The van der Waals surface area contributed by atoms with Crippen LogP contribution < -0.4 is 10.1 Å². The van der Waals surface area contributed by atoms with Crippen molar-refractivity contribution in [1.82, 2.24) is 14.7 Å². The van der Waals surface area contributed by atoms with Gasteiger partial charge in [0.05, 0.1) is 24.9 Å². The minimum absolute atomic E-state index is 0.0868. The van der Waals surface area contributed by atoms with Crippen molar-refractivity contribution in [1.29, 1.82) is 0 Å². The fourth-order valence-corrected chi connectivity index (χ4v) is 3.50. The number of ether oxygens (including phenoxy) is 1. The number of anilines is 1. The van der Waals surface area contributed by atoms with Gasteiger partial charge in [0.25, 0.3) is 0 Å². The van der Waals surface area contributed by atoms with E-state index in [4.69, 9.17) is 4.74 Å². The maximum atomic E-state index is 12.6. The van der Waals surface area contributed by atoms with Crippen molar-refractivity contribution >= 4 is 17.5 Å². The average molecular weight is 384 g/mol. The molecule has 0 radical (unpaired) electrons. The molecular weight excluding hydrogens is 356 g/mol. The second-order valence-corrected chi connectivity index (χ2v) is 7.03. The fraction of sp³-hybridized carbons (Fsp3) is 0.476. The molecule has 1 aliphatic rings. The maximum Gasteiger partial charge on any atom is 0.244 e.